The summed E-state index contributed by atoms with van der Waals surface area (Å²) >= 11 is 0. The second kappa shape index (κ2) is 6.57. The zero-order valence-corrected chi connectivity index (χ0v) is 13.3. The number of hydrogen-bond donors (Lipinski definition) is 0. The van der Waals surface area contributed by atoms with E-state index in [2.05, 4.69) is 11.1 Å². The van der Waals surface area contributed by atoms with Crippen molar-refractivity contribution in [2.75, 3.05) is 0 Å². The summed E-state index contributed by atoms with van der Waals surface area (Å²) < 4.78 is 29.7. The van der Waals surface area contributed by atoms with Crippen molar-refractivity contribution >= 4 is 12.1 Å². The van der Waals surface area contributed by atoms with Crippen molar-refractivity contribution in [3.05, 3.63) is 78.0 Å². The lowest BCUT2D eigenvalue weighted by molar-refractivity contribution is 0.527. The molecular formula is C20H11FN2O3. The van der Waals surface area contributed by atoms with Crippen LogP contribution in [0.1, 0.15) is 11.1 Å². The maximum atomic E-state index is 13.0. The molecule has 4 rings (SSSR count). The molecule has 1 aromatic carbocycles. The second-order valence-electron chi connectivity index (χ2n) is 5.36. The summed E-state index contributed by atoms with van der Waals surface area (Å²) in [5, 5.41) is 9.64. The number of nitriles is 1. The Labute approximate surface area is 147 Å². The molecule has 6 heteroatoms. The van der Waals surface area contributed by atoms with Gasteiger partial charge in [-0.1, -0.05) is 12.1 Å². The minimum atomic E-state index is -0.335. The monoisotopic (exact) mass is 346 g/mol. The number of halogens is 1. The van der Waals surface area contributed by atoms with Crippen molar-refractivity contribution < 1.29 is 17.6 Å². The number of benzene rings is 1. The number of nitrogens with zero attached hydrogens (tertiary/aromatic N) is 2. The maximum absolute atomic E-state index is 13.0. The molecule has 0 spiro atoms. The van der Waals surface area contributed by atoms with Crippen molar-refractivity contribution in [1.29, 1.82) is 5.26 Å². The first-order valence-corrected chi connectivity index (χ1v) is 7.70. The molecule has 5 nitrogen and oxygen atoms in total. The van der Waals surface area contributed by atoms with Crippen LogP contribution in [0, 0.1) is 17.1 Å². The zero-order chi connectivity index (χ0) is 17.9. The lowest BCUT2D eigenvalue weighted by atomic mass is 10.1. The third-order valence-electron chi connectivity index (χ3n) is 3.71. The van der Waals surface area contributed by atoms with Crippen LogP contribution in [0.4, 0.5) is 10.3 Å². The van der Waals surface area contributed by atoms with Crippen LogP contribution in [0.25, 0.3) is 22.8 Å². The Balaban J connectivity index is 1.84. The van der Waals surface area contributed by atoms with E-state index in [1.165, 1.54) is 30.9 Å². The smallest absolute Gasteiger partial charge is 0.238 e. The third-order valence-corrected chi connectivity index (χ3v) is 3.71. The molecule has 0 aliphatic rings. The molecule has 0 unspecified atom stereocenters. The van der Waals surface area contributed by atoms with Crippen LogP contribution in [0.3, 0.4) is 0 Å². The van der Waals surface area contributed by atoms with Crippen LogP contribution < -0.4 is 0 Å². The first-order chi connectivity index (χ1) is 12.8. The number of hydrogen-bond acceptors (Lipinski definition) is 5. The third kappa shape index (κ3) is 2.82. The van der Waals surface area contributed by atoms with Crippen LogP contribution >= 0.6 is 0 Å². The molecule has 0 amide bonds. The average molecular weight is 346 g/mol. The highest BCUT2D eigenvalue weighted by Gasteiger charge is 2.25. The number of aliphatic imine (C=N–C) groups is 1. The van der Waals surface area contributed by atoms with E-state index >= 15 is 0 Å². The van der Waals surface area contributed by atoms with Gasteiger partial charge in [0.15, 0.2) is 11.5 Å². The summed E-state index contributed by atoms with van der Waals surface area (Å²) in [6, 6.07) is 14.8. The van der Waals surface area contributed by atoms with Gasteiger partial charge in [0, 0.05) is 6.21 Å². The highest BCUT2D eigenvalue weighted by atomic mass is 19.1. The van der Waals surface area contributed by atoms with E-state index in [0.29, 0.717) is 28.4 Å². The van der Waals surface area contributed by atoms with Gasteiger partial charge in [0.1, 0.15) is 23.2 Å². The van der Waals surface area contributed by atoms with E-state index in [1.807, 2.05) is 0 Å². The molecule has 3 heterocycles. The molecule has 0 N–H and O–H groups in total. The number of furan rings is 3. The van der Waals surface area contributed by atoms with E-state index in [9.17, 15) is 9.65 Å². The molecule has 3 aromatic heterocycles. The van der Waals surface area contributed by atoms with Gasteiger partial charge in [-0.05, 0) is 42.0 Å². The van der Waals surface area contributed by atoms with E-state index < -0.39 is 0 Å². The molecule has 0 saturated carbocycles. The van der Waals surface area contributed by atoms with Crippen LogP contribution in [0.5, 0.6) is 0 Å². The first-order valence-electron chi connectivity index (χ1n) is 7.70. The van der Waals surface area contributed by atoms with Crippen LogP contribution in [-0.4, -0.2) is 6.21 Å². The normalized spacial score (nSPS) is 11.1. The van der Waals surface area contributed by atoms with E-state index in [4.69, 9.17) is 13.3 Å². The summed E-state index contributed by atoms with van der Waals surface area (Å²) in [5.74, 6) is 1.07. The Morgan fingerprint density at radius 3 is 2.27 bits per heavy atom. The molecule has 0 aliphatic carbocycles. The van der Waals surface area contributed by atoms with Gasteiger partial charge in [0.25, 0.3) is 0 Å². The Morgan fingerprint density at radius 1 is 0.962 bits per heavy atom. The first kappa shape index (κ1) is 15.7. The molecule has 0 radical (unpaired) electrons. The lowest BCUT2D eigenvalue weighted by Gasteiger charge is -1.96. The van der Waals surface area contributed by atoms with E-state index in [0.717, 1.165) is 0 Å². The van der Waals surface area contributed by atoms with Gasteiger partial charge in [0.05, 0.1) is 18.1 Å². The van der Waals surface area contributed by atoms with Gasteiger partial charge < -0.3 is 13.3 Å². The Kier molecular flexibility index (Phi) is 3.96. The predicted octanol–water partition coefficient (Wildman–Crippen LogP) is 5.56. The van der Waals surface area contributed by atoms with Gasteiger partial charge in [-0.15, -0.1) is 0 Å². The van der Waals surface area contributed by atoms with Crippen molar-refractivity contribution in [2.45, 2.75) is 0 Å². The molecule has 126 valence electrons. The molecule has 0 aliphatic heterocycles. The number of rotatable bonds is 4. The van der Waals surface area contributed by atoms with Gasteiger partial charge in [-0.3, -0.25) is 0 Å². The standard InChI is InChI=1S/C20H11FN2O3/c21-14-7-5-13(6-8-14)12-23-20-15(11-22)18(16-3-1-9-24-16)19(26-20)17-4-2-10-25-17/h1-10,12H. The molecule has 0 atom stereocenters. The largest absolute Gasteiger partial charge is 0.464 e. The van der Waals surface area contributed by atoms with Gasteiger partial charge in [0.2, 0.25) is 5.88 Å². The summed E-state index contributed by atoms with van der Waals surface area (Å²) in [7, 11) is 0. The Morgan fingerprint density at radius 2 is 1.65 bits per heavy atom. The molecule has 26 heavy (non-hydrogen) atoms. The maximum Gasteiger partial charge on any atom is 0.238 e. The highest BCUT2D eigenvalue weighted by Crippen LogP contribution is 2.42. The fourth-order valence-corrected chi connectivity index (χ4v) is 2.53. The van der Waals surface area contributed by atoms with Gasteiger partial charge in [-0.2, -0.15) is 5.26 Å². The quantitative estimate of drug-likeness (QED) is 0.453. The van der Waals surface area contributed by atoms with Gasteiger partial charge in [-0.25, -0.2) is 9.38 Å². The zero-order valence-electron chi connectivity index (χ0n) is 13.3. The Bertz CT molecular complexity index is 1080. The molecule has 0 bridgehead atoms. The summed E-state index contributed by atoms with van der Waals surface area (Å²) in [5.41, 5.74) is 1.37. The topological polar surface area (TPSA) is 75.6 Å². The lowest BCUT2D eigenvalue weighted by Crippen LogP contribution is -1.82. The van der Waals surface area contributed by atoms with E-state index in [1.54, 1.807) is 36.4 Å². The van der Waals surface area contributed by atoms with Crippen LogP contribution in [-0.2, 0) is 0 Å². The predicted molar refractivity (Wildman–Crippen MR) is 92.5 cm³/mol. The molecule has 0 saturated heterocycles. The average Bonchev–Trinajstić information content (AvgIpc) is 3.40. The van der Waals surface area contributed by atoms with Crippen LogP contribution in [0.2, 0.25) is 0 Å². The van der Waals surface area contributed by atoms with Crippen molar-refractivity contribution in [1.82, 2.24) is 0 Å². The molecule has 0 fully saturated rings. The highest BCUT2D eigenvalue weighted by molar-refractivity contribution is 5.87. The van der Waals surface area contributed by atoms with Crippen molar-refractivity contribution in [2.24, 2.45) is 4.99 Å². The second-order valence-corrected chi connectivity index (χ2v) is 5.36. The fourth-order valence-electron chi connectivity index (χ4n) is 2.53. The summed E-state index contributed by atoms with van der Waals surface area (Å²) in [4.78, 5) is 4.26. The van der Waals surface area contributed by atoms with Gasteiger partial charge >= 0.3 is 0 Å². The summed E-state index contributed by atoms with van der Waals surface area (Å²) in [6.45, 7) is 0. The van der Waals surface area contributed by atoms with E-state index in [-0.39, 0.29) is 17.3 Å². The summed E-state index contributed by atoms with van der Waals surface area (Å²) in [6.07, 6.45) is 4.52. The minimum Gasteiger partial charge on any atom is -0.464 e. The minimum absolute atomic E-state index is 0.120. The fraction of sp³-hybridized carbons (Fsp3) is 0. The van der Waals surface area contributed by atoms with Crippen LogP contribution in [0.15, 0.2) is 79.3 Å². The SMILES string of the molecule is N#Cc1c(N=Cc2ccc(F)cc2)oc(-c2ccco2)c1-c1ccco1. The molecular weight excluding hydrogens is 335 g/mol. The Hall–Kier alpha value is -3.85. The van der Waals surface area contributed by atoms with Crippen molar-refractivity contribution in [3.8, 4) is 28.9 Å². The van der Waals surface area contributed by atoms with Crippen molar-refractivity contribution in [3.63, 3.8) is 0 Å². The molecule has 4 aromatic rings.